The molecule has 32 heavy (non-hydrogen) atoms. The largest absolute Gasteiger partial charge is 0.332 e. The van der Waals surface area contributed by atoms with E-state index in [2.05, 4.69) is 0 Å². The second-order valence-electron chi connectivity index (χ2n) is 7.88. The SMILES string of the molecule is CCC(C)N(CC(=O)N(Cc1ccccc1)Cc1sccc1C)S(=O)(=O)c1ccccc1. The van der Waals surface area contributed by atoms with E-state index in [0.29, 0.717) is 19.5 Å². The second kappa shape index (κ2) is 10.9. The van der Waals surface area contributed by atoms with Gasteiger partial charge in [-0.3, -0.25) is 4.79 Å². The third-order valence-electron chi connectivity index (χ3n) is 5.59. The second-order valence-corrected chi connectivity index (χ2v) is 10.8. The normalized spacial score (nSPS) is 12.6. The van der Waals surface area contributed by atoms with Crippen molar-refractivity contribution in [1.82, 2.24) is 9.21 Å². The molecule has 1 amide bonds. The van der Waals surface area contributed by atoms with Gasteiger partial charge in [-0.15, -0.1) is 11.3 Å². The summed E-state index contributed by atoms with van der Waals surface area (Å²) in [5.41, 5.74) is 2.15. The molecular formula is C25H30N2O3S2. The zero-order valence-corrected chi connectivity index (χ0v) is 20.4. The molecule has 1 heterocycles. The topological polar surface area (TPSA) is 57.7 Å². The minimum absolute atomic E-state index is 0.191. The summed E-state index contributed by atoms with van der Waals surface area (Å²) in [5, 5.41) is 2.02. The molecule has 1 aromatic heterocycles. The van der Waals surface area contributed by atoms with E-state index >= 15 is 0 Å². The third kappa shape index (κ3) is 5.85. The maximum Gasteiger partial charge on any atom is 0.243 e. The van der Waals surface area contributed by atoms with Gasteiger partial charge in [0.15, 0.2) is 0 Å². The van der Waals surface area contributed by atoms with Crippen molar-refractivity contribution in [2.75, 3.05) is 6.54 Å². The summed E-state index contributed by atoms with van der Waals surface area (Å²) in [6.07, 6.45) is 0.613. The van der Waals surface area contributed by atoms with Crippen LogP contribution in [0.25, 0.3) is 0 Å². The Bertz CT molecular complexity index is 1110. The lowest BCUT2D eigenvalue weighted by Crippen LogP contribution is -2.46. The van der Waals surface area contributed by atoms with Crippen molar-refractivity contribution in [3.05, 3.63) is 88.1 Å². The highest BCUT2D eigenvalue weighted by molar-refractivity contribution is 7.89. The van der Waals surface area contributed by atoms with E-state index in [1.165, 1.54) is 4.31 Å². The van der Waals surface area contributed by atoms with Crippen molar-refractivity contribution in [2.45, 2.75) is 51.2 Å². The molecule has 7 heteroatoms. The van der Waals surface area contributed by atoms with Gasteiger partial charge in [0.1, 0.15) is 0 Å². The Morgan fingerprint density at radius 3 is 2.16 bits per heavy atom. The number of rotatable bonds is 10. The Morgan fingerprint density at radius 1 is 0.969 bits per heavy atom. The average molecular weight is 471 g/mol. The first-order chi connectivity index (χ1) is 15.3. The van der Waals surface area contributed by atoms with Crippen molar-refractivity contribution in [3.8, 4) is 0 Å². The number of sulfonamides is 1. The predicted octanol–water partition coefficient (Wildman–Crippen LogP) is 5.07. The maximum atomic E-state index is 13.5. The summed E-state index contributed by atoms with van der Waals surface area (Å²) in [6, 6.07) is 19.9. The monoisotopic (exact) mass is 470 g/mol. The average Bonchev–Trinajstić information content (AvgIpc) is 3.21. The quantitative estimate of drug-likeness (QED) is 0.415. The first-order valence-electron chi connectivity index (χ1n) is 10.7. The molecule has 3 aromatic rings. The van der Waals surface area contributed by atoms with Crippen LogP contribution < -0.4 is 0 Å². The lowest BCUT2D eigenvalue weighted by atomic mass is 10.2. The van der Waals surface area contributed by atoms with Crippen molar-refractivity contribution in [2.24, 2.45) is 0 Å². The van der Waals surface area contributed by atoms with E-state index in [0.717, 1.165) is 16.0 Å². The van der Waals surface area contributed by atoms with Crippen LogP contribution in [0.2, 0.25) is 0 Å². The van der Waals surface area contributed by atoms with Crippen molar-refractivity contribution in [3.63, 3.8) is 0 Å². The third-order valence-corrected chi connectivity index (χ3v) is 8.58. The van der Waals surface area contributed by atoms with Crippen LogP contribution in [0, 0.1) is 6.92 Å². The Kier molecular flexibility index (Phi) is 8.23. The van der Waals surface area contributed by atoms with Crippen LogP contribution in [0.4, 0.5) is 0 Å². The van der Waals surface area contributed by atoms with Gasteiger partial charge in [-0.2, -0.15) is 4.31 Å². The van der Waals surface area contributed by atoms with Crippen molar-refractivity contribution < 1.29 is 13.2 Å². The van der Waals surface area contributed by atoms with Gasteiger partial charge in [0, 0.05) is 17.5 Å². The summed E-state index contributed by atoms with van der Waals surface area (Å²) >= 11 is 1.61. The van der Waals surface area contributed by atoms with Crippen LogP contribution in [-0.2, 0) is 27.9 Å². The fourth-order valence-electron chi connectivity index (χ4n) is 3.42. The number of carbonyl (C=O) groups is 1. The van der Waals surface area contributed by atoms with Crippen LogP contribution in [0.3, 0.4) is 0 Å². The molecule has 0 saturated carbocycles. The van der Waals surface area contributed by atoms with Gasteiger partial charge in [-0.25, -0.2) is 8.42 Å². The predicted molar refractivity (Wildman–Crippen MR) is 130 cm³/mol. The minimum atomic E-state index is -3.80. The number of nitrogens with zero attached hydrogens (tertiary/aromatic N) is 2. The lowest BCUT2D eigenvalue weighted by molar-refractivity contribution is -0.133. The molecule has 5 nitrogen and oxygen atoms in total. The van der Waals surface area contributed by atoms with Crippen molar-refractivity contribution >= 4 is 27.3 Å². The highest BCUT2D eigenvalue weighted by Crippen LogP contribution is 2.22. The summed E-state index contributed by atoms with van der Waals surface area (Å²) in [5.74, 6) is -0.207. The lowest BCUT2D eigenvalue weighted by Gasteiger charge is -2.30. The van der Waals surface area contributed by atoms with E-state index in [9.17, 15) is 13.2 Å². The molecule has 0 aliphatic rings. The minimum Gasteiger partial charge on any atom is -0.332 e. The van der Waals surface area contributed by atoms with E-state index in [1.807, 2.05) is 62.5 Å². The summed E-state index contributed by atoms with van der Waals surface area (Å²) < 4.78 is 28.1. The standard InChI is InChI=1S/C25H30N2O3S2/c1-4-21(3)27(32(29,30)23-13-9-6-10-14-23)19-25(28)26(17-22-11-7-5-8-12-22)18-24-20(2)15-16-31-24/h5-16,21H,4,17-19H2,1-3H3. The van der Waals surface area contributed by atoms with Gasteiger partial charge in [0.05, 0.1) is 18.0 Å². The molecule has 0 aliphatic carbocycles. The van der Waals surface area contributed by atoms with Crippen molar-refractivity contribution in [1.29, 1.82) is 0 Å². The van der Waals surface area contributed by atoms with Crippen LogP contribution >= 0.6 is 11.3 Å². The van der Waals surface area contributed by atoms with Crippen LogP contribution in [-0.4, -0.2) is 36.1 Å². The fourth-order valence-corrected chi connectivity index (χ4v) is 6.01. The number of aryl methyl sites for hydroxylation is 1. The van der Waals surface area contributed by atoms with Crippen LogP contribution in [0.1, 0.15) is 36.3 Å². The number of hydrogen-bond donors (Lipinski definition) is 0. The molecule has 0 N–H and O–H groups in total. The summed E-state index contributed by atoms with van der Waals surface area (Å²) in [4.78, 5) is 16.6. The smallest absolute Gasteiger partial charge is 0.243 e. The van der Waals surface area contributed by atoms with Gasteiger partial charge < -0.3 is 4.90 Å². The van der Waals surface area contributed by atoms with Gasteiger partial charge in [0.2, 0.25) is 15.9 Å². The highest BCUT2D eigenvalue weighted by atomic mass is 32.2. The van der Waals surface area contributed by atoms with Crippen LogP contribution in [0.5, 0.6) is 0 Å². The van der Waals surface area contributed by atoms with Gasteiger partial charge >= 0.3 is 0 Å². The summed E-state index contributed by atoms with van der Waals surface area (Å²) in [7, 11) is -3.80. The molecule has 2 aromatic carbocycles. The zero-order chi connectivity index (χ0) is 23.1. The molecular weight excluding hydrogens is 440 g/mol. The zero-order valence-electron chi connectivity index (χ0n) is 18.8. The number of thiophene rings is 1. The summed E-state index contributed by atoms with van der Waals surface area (Å²) in [6.45, 7) is 6.50. The molecule has 3 rings (SSSR count). The maximum absolute atomic E-state index is 13.5. The highest BCUT2D eigenvalue weighted by Gasteiger charge is 2.32. The van der Waals surface area contributed by atoms with Gasteiger partial charge in [0.25, 0.3) is 0 Å². The molecule has 170 valence electrons. The van der Waals surface area contributed by atoms with Crippen LogP contribution in [0.15, 0.2) is 77.0 Å². The molecule has 0 spiro atoms. The van der Waals surface area contributed by atoms with Gasteiger partial charge in [-0.1, -0.05) is 55.5 Å². The Hall–Kier alpha value is -2.48. The Labute approximate surface area is 195 Å². The number of hydrogen-bond acceptors (Lipinski definition) is 4. The molecule has 1 unspecified atom stereocenters. The molecule has 0 radical (unpaired) electrons. The fraction of sp³-hybridized carbons (Fsp3) is 0.320. The van der Waals surface area contributed by atoms with Gasteiger partial charge in [-0.05, 0) is 55.0 Å². The Morgan fingerprint density at radius 2 is 1.59 bits per heavy atom. The Balaban J connectivity index is 1.89. The van der Waals surface area contributed by atoms with E-state index in [-0.39, 0.29) is 23.4 Å². The molecule has 0 saturated heterocycles. The number of benzene rings is 2. The molecule has 1 atom stereocenters. The van der Waals surface area contributed by atoms with E-state index < -0.39 is 10.0 Å². The first-order valence-corrected chi connectivity index (χ1v) is 13.1. The van der Waals surface area contributed by atoms with E-state index in [4.69, 9.17) is 0 Å². The molecule has 0 bridgehead atoms. The first kappa shape index (κ1) is 24.2. The number of amides is 1. The number of carbonyl (C=O) groups excluding carboxylic acids is 1. The molecule has 0 fully saturated rings. The molecule has 0 aliphatic heterocycles. The van der Waals surface area contributed by atoms with E-state index in [1.54, 1.807) is 46.6 Å².